The molecule has 2 atom stereocenters. The van der Waals surface area contributed by atoms with Crippen molar-refractivity contribution in [3.63, 3.8) is 0 Å². The molecule has 0 aliphatic heterocycles. The number of aryl methyl sites for hydroxylation is 2. The van der Waals surface area contributed by atoms with Gasteiger partial charge < -0.3 is 0 Å². The lowest BCUT2D eigenvalue weighted by molar-refractivity contribution is 0.488. The predicted molar refractivity (Wildman–Crippen MR) is 176 cm³/mol. The summed E-state index contributed by atoms with van der Waals surface area (Å²) in [7, 11) is 6.84. The SMILES string of the molecule is [B]c1c(S)c(C)cc(C)c1-c1c2ccccc2c(C2=C[C@@H]3C=CC(C)=CC3(C)c3ccccc32)c2ccccc12. The van der Waals surface area contributed by atoms with Crippen molar-refractivity contribution in [1.82, 2.24) is 0 Å². The highest BCUT2D eigenvalue weighted by Gasteiger charge is 2.39. The van der Waals surface area contributed by atoms with Gasteiger partial charge in [0.15, 0.2) is 0 Å². The van der Waals surface area contributed by atoms with E-state index in [0.29, 0.717) is 0 Å². The molecule has 5 aromatic carbocycles. The van der Waals surface area contributed by atoms with Gasteiger partial charge in [-0.2, -0.15) is 0 Å². The van der Waals surface area contributed by atoms with E-state index in [0.717, 1.165) is 21.5 Å². The van der Waals surface area contributed by atoms with Crippen molar-refractivity contribution in [2.24, 2.45) is 5.92 Å². The number of benzene rings is 5. The van der Waals surface area contributed by atoms with Crippen molar-refractivity contribution < 1.29 is 0 Å². The predicted octanol–water partition coefficient (Wildman–Crippen LogP) is 9.19. The Morgan fingerprint density at radius 3 is 1.95 bits per heavy atom. The van der Waals surface area contributed by atoms with E-state index >= 15 is 0 Å². The zero-order valence-electron chi connectivity index (χ0n) is 23.4. The summed E-state index contributed by atoms with van der Waals surface area (Å²) in [6.07, 6.45) is 9.61. The first kappa shape index (κ1) is 25.2. The topological polar surface area (TPSA) is 0 Å². The van der Waals surface area contributed by atoms with Crippen LogP contribution in [0.5, 0.6) is 0 Å². The Labute approximate surface area is 244 Å². The molecule has 0 spiro atoms. The summed E-state index contributed by atoms with van der Waals surface area (Å²) in [6, 6.07) is 28.9. The molecule has 0 N–H and O–H groups in total. The van der Waals surface area contributed by atoms with Crippen LogP contribution in [0.2, 0.25) is 0 Å². The summed E-state index contributed by atoms with van der Waals surface area (Å²) in [5, 5.41) is 4.91. The molecule has 0 saturated heterocycles. The second kappa shape index (κ2) is 9.15. The lowest BCUT2D eigenvalue weighted by Gasteiger charge is -2.41. The molecule has 192 valence electrons. The van der Waals surface area contributed by atoms with Gasteiger partial charge in [-0.3, -0.25) is 0 Å². The third-order valence-electron chi connectivity index (χ3n) is 9.11. The third kappa shape index (κ3) is 3.55. The summed E-state index contributed by atoms with van der Waals surface area (Å²) < 4.78 is 0. The van der Waals surface area contributed by atoms with Crippen molar-refractivity contribution in [2.45, 2.75) is 38.0 Å². The average molecular weight is 531 g/mol. The van der Waals surface area contributed by atoms with Crippen LogP contribution in [0.25, 0.3) is 38.2 Å². The lowest BCUT2D eigenvalue weighted by atomic mass is 9.62. The standard InChI is InChI=1S/C38H31BS/c1-22-17-18-25-20-31(26-11-9-10-16-32(26)38(25,4)21-22)34-27-12-5-7-14-29(27)35(30-15-8-6-13-28(30)34)33-23(2)19-24(3)37(40)36(33)39/h5-21,25,40H,1-4H3/t25-,38?/m0/s1. The molecular formula is C38H31BS. The van der Waals surface area contributed by atoms with Gasteiger partial charge in [-0.25, -0.2) is 0 Å². The molecule has 0 fully saturated rings. The van der Waals surface area contributed by atoms with E-state index in [1.54, 1.807) is 0 Å². The molecule has 0 amide bonds. The highest BCUT2D eigenvalue weighted by molar-refractivity contribution is 7.80. The molecule has 2 aliphatic carbocycles. The monoisotopic (exact) mass is 530 g/mol. The molecule has 0 bridgehead atoms. The fourth-order valence-corrected chi connectivity index (χ4v) is 7.44. The minimum absolute atomic E-state index is 0.0685. The molecule has 2 radical (unpaired) electrons. The van der Waals surface area contributed by atoms with Crippen LogP contribution >= 0.6 is 12.6 Å². The highest BCUT2D eigenvalue weighted by Crippen LogP contribution is 2.51. The molecule has 0 aromatic heterocycles. The Kier molecular flexibility index (Phi) is 5.77. The van der Waals surface area contributed by atoms with Gasteiger partial charge in [0.1, 0.15) is 7.85 Å². The van der Waals surface area contributed by atoms with Crippen molar-refractivity contribution in [2.75, 3.05) is 0 Å². The first-order chi connectivity index (χ1) is 19.3. The second-order valence-corrected chi connectivity index (χ2v) is 12.1. The maximum absolute atomic E-state index is 6.84. The van der Waals surface area contributed by atoms with Crippen LogP contribution in [0.1, 0.15) is 41.7 Å². The van der Waals surface area contributed by atoms with E-state index in [4.69, 9.17) is 20.5 Å². The van der Waals surface area contributed by atoms with E-state index in [1.807, 2.05) is 0 Å². The summed E-state index contributed by atoms with van der Waals surface area (Å²) >= 11 is 4.81. The van der Waals surface area contributed by atoms with Gasteiger partial charge in [-0.1, -0.05) is 121 Å². The molecule has 0 heterocycles. The van der Waals surface area contributed by atoms with E-state index in [9.17, 15) is 0 Å². The van der Waals surface area contributed by atoms with Crippen molar-refractivity contribution in [3.05, 3.63) is 137 Å². The Balaban J connectivity index is 1.63. The summed E-state index contributed by atoms with van der Waals surface area (Å²) in [5.41, 5.74) is 11.8. The van der Waals surface area contributed by atoms with Crippen LogP contribution in [0.15, 0.2) is 114 Å². The van der Waals surface area contributed by atoms with Crippen molar-refractivity contribution in [1.29, 1.82) is 0 Å². The van der Waals surface area contributed by atoms with E-state index in [1.165, 1.54) is 60.5 Å². The van der Waals surface area contributed by atoms with Crippen LogP contribution in [0.3, 0.4) is 0 Å². The summed E-state index contributed by atoms with van der Waals surface area (Å²) in [4.78, 5) is 0.855. The van der Waals surface area contributed by atoms with Crippen molar-refractivity contribution in [3.8, 4) is 11.1 Å². The number of rotatable bonds is 2. The lowest BCUT2D eigenvalue weighted by Crippen LogP contribution is -2.33. The van der Waals surface area contributed by atoms with Crippen LogP contribution in [-0.4, -0.2) is 7.85 Å². The van der Waals surface area contributed by atoms with Gasteiger partial charge in [0, 0.05) is 16.2 Å². The van der Waals surface area contributed by atoms with E-state index in [2.05, 4.69) is 131 Å². The Hall–Kier alpha value is -3.75. The van der Waals surface area contributed by atoms with Gasteiger partial charge in [0.2, 0.25) is 0 Å². The molecule has 1 unspecified atom stereocenters. The summed E-state index contributed by atoms with van der Waals surface area (Å²) in [6.45, 7) is 8.82. The third-order valence-corrected chi connectivity index (χ3v) is 9.70. The molecule has 0 nitrogen and oxygen atoms in total. The fourth-order valence-electron chi connectivity index (χ4n) is 7.26. The fraction of sp³-hybridized carbons (Fsp3) is 0.158. The second-order valence-electron chi connectivity index (χ2n) is 11.7. The van der Waals surface area contributed by atoms with Crippen LogP contribution in [-0.2, 0) is 5.41 Å². The van der Waals surface area contributed by atoms with Crippen LogP contribution in [0, 0.1) is 19.8 Å². The maximum Gasteiger partial charge on any atom is 0.116 e. The molecule has 7 rings (SSSR count). The highest BCUT2D eigenvalue weighted by atomic mass is 32.1. The minimum Gasteiger partial charge on any atom is -0.144 e. The molecule has 40 heavy (non-hydrogen) atoms. The summed E-state index contributed by atoms with van der Waals surface area (Å²) in [5.74, 6) is 0.278. The van der Waals surface area contributed by atoms with Gasteiger partial charge >= 0.3 is 0 Å². The quantitative estimate of drug-likeness (QED) is 0.131. The Morgan fingerprint density at radius 2 is 1.30 bits per heavy atom. The van der Waals surface area contributed by atoms with Crippen molar-refractivity contribution >= 4 is 53.1 Å². The van der Waals surface area contributed by atoms with Crippen LogP contribution < -0.4 is 5.46 Å². The average Bonchev–Trinajstić information content (AvgIpc) is 2.95. The van der Waals surface area contributed by atoms with E-state index < -0.39 is 0 Å². The normalized spacial score (nSPS) is 19.8. The van der Waals surface area contributed by atoms with Gasteiger partial charge in [0.25, 0.3) is 0 Å². The smallest absolute Gasteiger partial charge is 0.116 e. The Bertz CT molecular complexity index is 1910. The van der Waals surface area contributed by atoms with Crippen LogP contribution in [0.4, 0.5) is 0 Å². The number of allylic oxidation sites excluding steroid dienone is 5. The molecule has 0 saturated carbocycles. The largest absolute Gasteiger partial charge is 0.144 e. The first-order valence-corrected chi connectivity index (χ1v) is 14.5. The number of hydrogen-bond donors (Lipinski definition) is 1. The molecular weight excluding hydrogens is 499 g/mol. The number of thiol groups is 1. The zero-order valence-corrected chi connectivity index (χ0v) is 24.3. The molecule has 2 aliphatic rings. The zero-order chi connectivity index (χ0) is 27.8. The molecule has 2 heteroatoms. The number of hydrogen-bond acceptors (Lipinski definition) is 1. The number of fused-ring (bicyclic) bond motifs is 5. The van der Waals surface area contributed by atoms with Gasteiger partial charge in [0.05, 0.1) is 0 Å². The minimum atomic E-state index is -0.0685. The maximum atomic E-state index is 6.84. The molecule has 5 aromatic rings. The Morgan fingerprint density at radius 1 is 0.725 bits per heavy atom. The first-order valence-electron chi connectivity index (χ1n) is 14.0. The van der Waals surface area contributed by atoms with Gasteiger partial charge in [-0.05, 0) is 86.8 Å². The van der Waals surface area contributed by atoms with Gasteiger partial charge in [-0.15, -0.1) is 12.6 Å². The van der Waals surface area contributed by atoms with E-state index in [-0.39, 0.29) is 11.3 Å².